The smallest absolute Gasteiger partial charge is 0.310 e. The zero-order valence-electron chi connectivity index (χ0n) is 29.1. The molecule has 8 rings (SSSR count). The number of carbonyl (C=O) groups is 3. The molecule has 3 aromatic rings. The Hall–Kier alpha value is -3.65. The van der Waals surface area contributed by atoms with Gasteiger partial charge >= 0.3 is 5.97 Å². The van der Waals surface area contributed by atoms with Crippen LogP contribution in [0.1, 0.15) is 86.8 Å². The zero-order valence-corrected chi connectivity index (χ0v) is 29.1. The van der Waals surface area contributed by atoms with Crippen molar-refractivity contribution in [2.24, 2.45) is 28.6 Å². The molecule has 0 radical (unpaired) electrons. The van der Waals surface area contributed by atoms with Gasteiger partial charge in [0.2, 0.25) is 0 Å². The summed E-state index contributed by atoms with van der Waals surface area (Å²) in [5, 5.41) is 0.806. The second kappa shape index (κ2) is 10.9. The van der Waals surface area contributed by atoms with Gasteiger partial charge in [-0.1, -0.05) is 13.8 Å². The number of carbonyl (C=O) groups excluding carboxylic acids is 3. The predicted octanol–water partition coefficient (Wildman–Crippen LogP) is 6.91. The fourth-order valence-corrected chi connectivity index (χ4v) is 11.7. The van der Waals surface area contributed by atoms with E-state index < -0.39 is 0 Å². The molecule has 254 valence electrons. The van der Waals surface area contributed by atoms with Gasteiger partial charge in [-0.05, 0) is 123 Å². The number of nitrogens with zero attached hydrogens (tertiary/aromatic N) is 2. The van der Waals surface area contributed by atoms with E-state index >= 15 is 0 Å². The van der Waals surface area contributed by atoms with Gasteiger partial charge in [-0.15, -0.1) is 0 Å². The third-order valence-electron chi connectivity index (χ3n) is 14.2. The first kappa shape index (κ1) is 31.6. The van der Waals surface area contributed by atoms with E-state index in [-0.39, 0.29) is 40.8 Å². The van der Waals surface area contributed by atoms with Crippen molar-refractivity contribution in [2.75, 3.05) is 26.2 Å². The van der Waals surface area contributed by atoms with Gasteiger partial charge in [0, 0.05) is 41.3 Å². The molecule has 1 aromatic heterocycles. The Morgan fingerprint density at radius 2 is 1.73 bits per heavy atom. The maximum Gasteiger partial charge on any atom is 0.310 e. The maximum absolute atomic E-state index is 14.2. The van der Waals surface area contributed by atoms with E-state index in [4.69, 9.17) is 14.2 Å². The molecule has 5 aliphatic rings. The molecule has 8 nitrogen and oxygen atoms in total. The molecule has 4 aliphatic carbocycles. The SMILES string of the molecule is COC(=O)Cc1c(C)n(C(=O)c2ccc(N3C4C[C@H]5[C@@H]6CCC(=O)[C@@]6(C)CC[C@@H]5[C@@]5(C)CC[C@H](OC)CC435)cc2)c2ccc(OC)cc12. The van der Waals surface area contributed by atoms with Crippen LogP contribution in [0.3, 0.4) is 0 Å². The normalized spacial score (nSPS) is 35.0. The van der Waals surface area contributed by atoms with Gasteiger partial charge in [-0.25, -0.2) is 0 Å². The van der Waals surface area contributed by atoms with E-state index in [1.54, 1.807) is 11.7 Å². The molecule has 5 fully saturated rings. The molecule has 2 aromatic carbocycles. The summed E-state index contributed by atoms with van der Waals surface area (Å²) >= 11 is 0. The van der Waals surface area contributed by atoms with E-state index in [1.165, 1.54) is 7.11 Å². The molecule has 1 aliphatic heterocycles. The van der Waals surface area contributed by atoms with Crippen LogP contribution in [0.25, 0.3) is 10.9 Å². The van der Waals surface area contributed by atoms with Crippen molar-refractivity contribution in [1.82, 2.24) is 4.57 Å². The minimum absolute atomic E-state index is 0.0318. The van der Waals surface area contributed by atoms with E-state index in [0.29, 0.717) is 40.9 Å². The van der Waals surface area contributed by atoms with Crippen LogP contribution in [-0.4, -0.2) is 61.2 Å². The number of hydrogen-bond donors (Lipinski definition) is 0. The molecule has 48 heavy (non-hydrogen) atoms. The van der Waals surface area contributed by atoms with E-state index in [9.17, 15) is 14.4 Å². The van der Waals surface area contributed by atoms with E-state index in [2.05, 4.69) is 30.9 Å². The minimum Gasteiger partial charge on any atom is -0.497 e. The van der Waals surface area contributed by atoms with Gasteiger partial charge in [0.25, 0.3) is 5.91 Å². The number of benzene rings is 2. The van der Waals surface area contributed by atoms with Crippen LogP contribution >= 0.6 is 0 Å². The fourth-order valence-electron chi connectivity index (χ4n) is 11.7. The number of methoxy groups -OCH3 is 3. The lowest BCUT2D eigenvalue weighted by Gasteiger charge is -2.59. The van der Waals surface area contributed by atoms with Gasteiger partial charge in [0.1, 0.15) is 11.5 Å². The number of aromatic nitrogens is 1. The summed E-state index contributed by atoms with van der Waals surface area (Å²) in [7, 11) is 4.84. The van der Waals surface area contributed by atoms with Gasteiger partial charge in [0.15, 0.2) is 0 Å². The second-order valence-electron chi connectivity index (χ2n) is 15.7. The highest BCUT2D eigenvalue weighted by atomic mass is 16.5. The van der Waals surface area contributed by atoms with Gasteiger partial charge < -0.3 is 19.1 Å². The van der Waals surface area contributed by atoms with Gasteiger partial charge in [-0.2, -0.15) is 0 Å². The Morgan fingerprint density at radius 1 is 0.958 bits per heavy atom. The van der Waals surface area contributed by atoms with Crippen LogP contribution in [-0.2, 0) is 25.5 Å². The van der Waals surface area contributed by atoms with E-state index in [0.717, 1.165) is 79.2 Å². The van der Waals surface area contributed by atoms with Gasteiger partial charge in [-0.3, -0.25) is 19.0 Å². The number of rotatable bonds is 6. The molecule has 8 heteroatoms. The second-order valence-corrected chi connectivity index (χ2v) is 15.7. The first-order valence-corrected chi connectivity index (χ1v) is 17.8. The van der Waals surface area contributed by atoms with E-state index in [1.807, 2.05) is 44.4 Å². The van der Waals surface area contributed by atoms with Crippen molar-refractivity contribution in [3.63, 3.8) is 0 Å². The molecule has 0 bridgehead atoms. The standard InChI is InChI=1S/C40H48N2O6/c1-23-28(21-36(44)48-6)29-19-26(46-4)11-13-33(29)41(23)37(45)24-7-9-25(10-8-24)42-34-20-30-31-12-14-35(43)38(31,2)17-16-32(30)39(3)18-15-27(47-5)22-40(34,39)42/h7-11,13,19,27,30-32,34H,12,14-18,20-22H2,1-6H3/t27-,30-,31-,32-,34?,38-,39+,40?,42?/m0/s1. The van der Waals surface area contributed by atoms with Crippen LogP contribution in [0.2, 0.25) is 0 Å². The van der Waals surface area contributed by atoms with Crippen molar-refractivity contribution in [1.29, 1.82) is 0 Å². The van der Waals surface area contributed by atoms with Crippen molar-refractivity contribution >= 4 is 34.3 Å². The largest absolute Gasteiger partial charge is 0.497 e. The average Bonchev–Trinajstić information content (AvgIpc) is 3.51. The third kappa shape index (κ3) is 4.13. The van der Waals surface area contributed by atoms with Crippen LogP contribution in [0.4, 0.5) is 5.69 Å². The van der Waals surface area contributed by atoms with Crippen LogP contribution in [0, 0.1) is 35.5 Å². The number of fused-ring (bicyclic) bond motifs is 5. The Morgan fingerprint density at radius 3 is 2.44 bits per heavy atom. The van der Waals surface area contributed by atoms with Crippen LogP contribution < -0.4 is 9.64 Å². The summed E-state index contributed by atoms with van der Waals surface area (Å²) < 4.78 is 18.2. The highest BCUT2D eigenvalue weighted by Crippen LogP contribution is 2.74. The van der Waals surface area contributed by atoms with Crippen molar-refractivity contribution < 1.29 is 28.6 Å². The fraction of sp³-hybridized carbons (Fsp3) is 0.575. The molecule has 4 saturated carbocycles. The first-order valence-electron chi connectivity index (χ1n) is 17.8. The molecule has 2 unspecified atom stereocenters. The Labute approximate surface area is 283 Å². The van der Waals surface area contributed by atoms with Gasteiger partial charge in [0.05, 0.1) is 43.8 Å². The highest BCUT2D eigenvalue weighted by Gasteiger charge is 2.78. The Balaban J connectivity index is 1.14. The topological polar surface area (TPSA) is 86.8 Å². The number of ether oxygens (including phenoxy) is 3. The molecular weight excluding hydrogens is 604 g/mol. The highest BCUT2D eigenvalue weighted by molar-refractivity contribution is 6.05. The van der Waals surface area contributed by atoms with Crippen LogP contribution in [0.15, 0.2) is 42.5 Å². The molecular formula is C40H48N2O6. The van der Waals surface area contributed by atoms with Crippen molar-refractivity contribution in [3.05, 3.63) is 59.3 Å². The summed E-state index contributed by atoms with van der Waals surface area (Å²) in [6, 6.07) is 14.2. The minimum atomic E-state index is -0.356. The lowest BCUT2D eigenvalue weighted by molar-refractivity contribution is -0.139. The molecule has 0 amide bonds. The Kier molecular flexibility index (Phi) is 7.20. The summed E-state index contributed by atoms with van der Waals surface area (Å²) in [4.78, 5) is 42.3. The Bertz CT molecular complexity index is 1830. The predicted molar refractivity (Wildman–Crippen MR) is 184 cm³/mol. The zero-order chi connectivity index (χ0) is 33.7. The lowest BCUT2D eigenvalue weighted by atomic mass is 9.45. The molecule has 2 heterocycles. The number of ketones is 1. The maximum atomic E-state index is 14.2. The van der Waals surface area contributed by atoms with Crippen molar-refractivity contribution in [2.45, 2.75) is 96.2 Å². The molecule has 8 atom stereocenters. The number of hydrogen-bond acceptors (Lipinski definition) is 7. The number of esters is 1. The number of anilines is 1. The summed E-state index contributed by atoms with van der Waals surface area (Å²) in [6.45, 7) is 6.70. The van der Waals surface area contributed by atoms with Crippen LogP contribution in [0.5, 0.6) is 5.75 Å². The third-order valence-corrected chi connectivity index (χ3v) is 14.2. The number of Topliss-reactive ketones (excluding diaryl/α,β-unsaturated/α-hetero) is 1. The average molecular weight is 653 g/mol. The summed E-state index contributed by atoms with van der Waals surface area (Å²) in [6.07, 6.45) is 8.66. The summed E-state index contributed by atoms with van der Waals surface area (Å²) in [5.41, 5.74) is 4.01. The molecule has 0 N–H and O–H groups in total. The van der Waals surface area contributed by atoms with Crippen molar-refractivity contribution in [3.8, 4) is 5.75 Å². The first-order chi connectivity index (χ1) is 23.0. The monoisotopic (exact) mass is 652 g/mol. The quantitative estimate of drug-likeness (QED) is 0.211. The molecule has 1 spiro atoms. The lowest BCUT2D eigenvalue weighted by Crippen LogP contribution is -2.59. The summed E-state index contributed by atoms with van der Waals surface area (Å²) in [5.74, 6) is 2.35. The molecule has 1 saturated heterocycles.